The molecule has 0 unspecified atom stereocenters. The quantitative estimate of drug-likeness (QED) is 0.733. The summed E-state index contributed by atoms with van der Waals surface area (Å²) in [5.74, 6) is 0.365. The second-order valence-corrected chi connectivity index (χ2v) is 4.16. The maximum atomic E-state index is 9.14. The van der Waals surface area contributed by atoms with E-state index in [0.29, 0.717) is 5.92 Å². The van der Waals surface area contributed by atoms with E-state index in [1.165, 1.54) is 12.8 Å². The van der Waals surface area contributed by atoms with Gasteiger partial charge in [0, 0.05) is 6.54 Å². The van der Waals surface area contributed by atoms with Gasteiger partial charge < -0.3 is 5.11 Å². The molecule has 0 radical (unpaired) electrons. The predicted molar refractivity (Wildman–Crippen MR) is 59.6 cm³/mol. The van der Waals surface area contributed by atoms with Crippen LogP contribution in [0.5, 0.6) is 0 Å². The summed E-state index contributed by atoms with van der Waals surface area (Å²) >= 11 is 0. The van der Waals surface area contributed by atoms with Gasteiger partial charge in [0.15, 0.2) is 0 Å². The SMILES string of the molecule is CCCCCn1nnc(CO)c1C(C)C. The van der Waals surface area contributed by atoms with Crippen LogP contribution in [-0.2, 0) is 13.2 Å². The molecular weight excluding hydrogens is 190 g/mol. The minimum absolute atomic E-state index is 0.0126. The fourth-order valence-electron chi connectivity index (χ4n) is 1.78. The van der Waals surface area contributed by atoms with Crippen LogP contribution in [0.15, 0.2) is 0 Å². The number of aliphatic hydroxyl groups is 1. The molecule has 1 aromatic rings. The highest BCUT2D eigenvalue weighted by Crippen LogP contribution is 2.18. The fourth-order valence-corrected chi connectivity index (χ4v) is 1.78. The molecule has 1 N–H and O–H groups in total. The van der Waals surface area contributed by atoms with Gasteiger partial charge in [0.1, 0.15) is 5.69 Å². The number of aromatic nitrogens is 3. The van der Waals surface area contributed by atoms with Crippen LogP contribution in [0.1, 0.15) is 57.3 Å². The highest BCUT2D eigenvalue weighted by molar-refractivity contribution is 5.13. The molecule has 0 saturated heterocycles. The van der Waals surface area contributed by atoms with E-state index in [4.69, 9.17) is 5.11 Å². The average molecular weight is 211 g/mol. The number of aliphatic hydroxyl groups excluding tert-OH is 1. The van der Waals surface area contributed by atoms with Crippen LogP contribution in [-0.4, -0.2) is 20.1 Å². The second-order valence-electron chi connectivity index (χ2n) is 4.16. The first-order chi connectivity index (χ1) is 7.20. The summed E-state index contributed by atoms with van der Waals surface area (Å²) in [6.07, 6.45) is 3.55. The van der Waals surface area contributed by atoms with Crippen LogP contribution >= 0.6 is 0 Å². The standard InChI is InChI=1S/C11H21N3O/c1-4-5-6-7-14-11(9(2)3)10(8-15)12-13-14/h9,15H,4-8H2,1-3H3. The summed E-state index contributed by atoms with van der Waals surface area (Å²) in [5.41, 5.74) is 1.80. The lowest BCUT2D eigenvalue weighted by atomic mass is 10.1. The molecule has 0 aliphatic rings. The van der Waals surface area contributed by atoms with E-state index in [-0.39, 0.29) is 6.61 Å². The third kappa shape index (κ3) is 3.02. The Morgan fingerprint density at radius 3 is 2.60 bits per heavy atom. The zero-order valence-electron chi connectivity index (χ0n) is 9.90. The third-order valence-corrected chi connectivity index (χ3v) is 2.52. The maximum Gasteiger partial charge on any atom is 0.112 e. The van der Waals surface area contributed by atoms with Crippen molar-refractivity contribution in [3.05, 3.63) is 11.4 Å². The molecule has 4 heteroatoms. The van der Waals surface area contributed by atoms with Gasteiger partial charge in [0.2, 0.25) is 0 Å². The van der Waals surface area contributed by atoms with Crippen LogP contribution in [0.2, 0.25) is 0 Å². The summed E-state index contributed by atoms with van der Waals surface area (Å²) in [4.78, 5) is 0. The van der Waals surface area contributed by atoms with Gasteiger partial charge in [-0.3, -0.25) is 0 Å². The Kier molecular flexibility index (Phi) is 4.75. The predicted octanol–water partition coefficient (Wildman–Crippen LogP) is 2.08. The number of rotatable bonds is 6. The van der Waals surface area contributed by atoms with Gasteiger partial charge in [-0.1, -0.05) is 38.8 Å². The van der Waals surface area contributed by atoms with Gasteiger partial charge >= 0.3 is 0 Å². The lowest BCUT2D eigenvalue weighted by Gasteiger charge is -2.09. The molecule has 1 rings (SSSR count). The van der Waals surface area contributed by atoms with Crippen LogP contribution in [0.25, 0.3) is 0 Å². The first-order valence-electron chi connectivity index (χ1n) is 5.73. The van der Waals surface area contributed by atoms with Crippen molar-refractivity contribution in [3.8, 4) is 0 Å². The molecule has 1 aromatic heterocycles. The molecule has 0 atom stereocenters. The lowest BCUT2D eigenvalue weighted by molar-refractivity contribution is 0.275. The van der Waals surface area contributed by atoms with Crippen molar-refractivity contribution in [1.82, 2.24) is 15.0 Å². The van der Waals surface area contributed by atoms with E-state index >= 15 is 0 Å². The van der Waals surface area contributed by atoms with E-state index in [0.717, 1.165) is 24.4 Å². The van der Waals surface area contributed by atoms with E-state index in [1.807, 2.05) is 4.68 Å². The van der Waals surface area contributed by atoms with Crippen molar-refractivity contribution < 1.29 is 5.11 Å². The summed E-state index contributed by atoms with van der Waals surface area (Å²) < 4.78 is 1.94. The van der Waals surface area contributed by atoms with E-state index in [2.05, 4.69) is 31.1 Å². The average Bonchev–Trinajstić information content (AvgIpc) is 2.61. The van der Waals surface area contributed by atoms with Gasteiger partial charge in [0.25, 0.3) is 0 Å². The molecule has 0 bridgehead atoms. The first kappa shape index (κ1) is 12.2. The second kappa shape index (κ2) is 5.85. The smallest absolute Gasteiger partial charge is 0.112 e. The summed E-state index contributed by atoms with van der Waals surface area (Å²) in [5, 5.41) is 17.2. The van der Waals surface area contributed by atoms with Crippen molar-refractivity contribution in [1.29, 1.82) is 0 Å². The van der Waals surface area contributed by atoms with E-state index in [1.54, 1.807) is 0 Å². The zero-order valence-corrected chi connectivity index (χ0v) is 9.90. The zero-order chi connectivity index (χ0) is 11.3. The molecule has 0 aliphatic carbocycles. The highest BCUT2D eigenvalue weighted by Gasteiger charge is 2.14. The Morgan fingerprint density at radius 1 is 1.33 bits per heavy atom. The van der Waals surface area contributed by atoms with Gasteiger partial charge in [0.05, 0.1) is 12.3 Å². The monoisotopic (exact) mass is 211 g/mol. The van der Waals surface area contributed by atoms with Crippen molar-refractivity contribution in [3.63, 3.8) is 0 Å². The summed E-state index contributed by atoms with van der Waals surface area (Å²) in [6, 6.07) is 0. The van der Waals surface area contributed by atoms with Crippen molar-refractivity contribution in [2.75, 3.05) is 0 Å². The Hall–Kier alpha value is -0.900. The minimum Gasteiger partial charge on any atom is -0.390 e. The highest BCUT2D eigenvalue weighted by atomic mass is 16.3. The Morgan fingerprint density at radius 2 is 2.07 bits per heavy atom. The van der Waals surface area contributed by atoms with Gasteiger partial charge in [-0.2, -0.15) is 0 Å². The molecule has 0 amide bonds. The first-order valence-corrected chi connectivity index (χ1v) is 5.73. The molecule has 0 fully saturated rings. The molecule has 4 nitrogen and oxygen atoms in total. The molecule has 0 aliphatic heterocycles. The van der Waals surface area contributed by atoms with Crippen LogP contribution in [0.4, 0.5) is 0 Å². The Bertz CT molecular complexity index is 294. The Balaban J connectivity index is 2.73. The van der Waals surface area contributed by atoms with Crippen LogP contribution in [0, 0.1) is 0 Å². The van der Waals surface area contributed by atoms with Gasteiger partial charge in [-0.05, 0) is 12.3 Å². The lowest BCUT2D eigenvalue weighted by Crippen LogP contribution is -2.08. The van der Waals surface area contributed by atoms with Crippen molar-refractivity contribution in [2.24, 2.45) is 0 Å². The topological polar surface area (TPSA) is 50.9 Å². The fraction of sp³-hybridized carbons (Fsp3) is 0.818. The van der Waals surface area contributed by atoms with Crippen LogP contribution < -0.4 is 0 Å². The number of nitrogens with zero attached hydrogens (tertiary/aromatic N) is 3. The maximum absolute atomic E-state index is 9.14. The third-order valence-electron chi connectivity index (χ3n) is 2.52. The van der Waals surface area contributed by atoms with E-state index in [9.17, 15) is 0 Å². The molecular formula is C11H21N3O. The van der Waals surface area contributed by atoms with Gasteiger partial charge in [-0.25, -0.2) is 4.68 Å². The molecule has 86 valence electrons. The summed E-state index contributed by atoms with van der Waals surface area (Å²) in [6.45, 7) is 7.29. The van der Waals surface area contributed by atoms with Crippen molar-refractivity contribution in [2.45, 2.75) is 59.1 Å². The molecule has 15 heavy (non-hydrogen) atoms. The molecule has 1 heterocycles. The minimum atomic E-state index is -0.0126. The van der Waals surface area contributed by atoms with Gasteiger partial charge in [-0.15, -0.1) is 5.10 Å². The van der Waals surface area contributed by atoms with Crippen LogP contribution in [0.3, 0.4) is 0 Å². The molecule has 0 aromatic carbocycles. The van der Waals surface area contributed by atoms with E-state index < -0.39 is 0 Å². The number of aryl methyl sites for hydroxylation is 1. The largest absolute Gasteiger partial charge is 0.390 e. The van der Waals surface area contributed by atoms with Crippen molar-refractivity contribution >= 4 is 0 Å². The summed E-state index contributed by atoms with van der Waals surface area (Å²) in [7, 11) is 0. The molecule has 0 spiro atoms. The Labute approximate surface area is 91.3 Å². The molecule has 0 saturated carbocycles. The number of hydrogen-bond acceptors (Lipinski definition) is 3. The normalized spacial score (nSPS) is 11.3. The number of unbranched alkanes of at least 4 members (excludes halogenated alkanes) is 2. The number of hydrogen-bond donors (Lipinski definition) is 1.